The summed E-state index contributed by atoms with van der Waals surface area (Å²) >= 11 is 0. The Hall–Kier alpha value is -0.0800. The zero-order chi connectivity index (χ0) is 8.97. The normalized spacial score (nSPS) is 33.2. The maximum Gasteiger partial charge on any atom is 0.00645 e. The van der Waals surface area contributed by atoms with Gasteiger partial charge in [0.05, 0.1) is 0 Å². The van der Waals surface area contributed by atoms with E-state index in [1.807, 2.05) is 0 Å². The number of nitrogens with two attached hydrogens (primary N) is 2. The Labute approximate surface area is 75.7 Å². The summed E-state index contributed by atoms with van der Waals surface area (Å²) in [4.78, 5) is 0. The predicted molar refractivity (Wildman–Crippen MR) is 52.8 cm³/mol. The molecule has 0 aromatic carbocycles. The lowest BCUT2D eigenvalue weighted by molar-refractivity contribution is 0.244. The summed E-state index contributed by atoms with van der Waals surface area (Å²) in [6.45, 7) is 3.05. The topological polar surface area (TPSA) is 52.0 Å². The highest BCUT2D eigenvalue weighted by atomic mass is 14.6. The molecule has 12 heavy (non-hydrogen) atoms. The fraction of sp³-hybridized carbons (Fsp3) is 1.00. The zero-order valence-electron chi connectivity index (χ0n) is 8.13. The van der Waals surface area contributed by atoms with E-state index in [0.29, 0.717) is 6.04 Å². The second-order valence-electron chi connectivity index (χ2n) is 4.09. The molecule has 0 radical (unpaired) electrons. The predicted octanol–water partition coefficient (Wildman–Crippen LogP) is 1.49. The Morgan fingerprint density at radius 2 is 1.83 bits per heavy atom. The first kappa shape index (κ1) is 10.0. The summed E-state index contributed by atoms with van der Waals surface area (Å²) in [5.74, 6) is 1.56. The molecule has 0 heterocycles. The van der Waals surface area contributed by atoms with E-state index in [1.54, 1.807) is 0 Å². The standard InChI is InChI=1S/C10H22N2/c1-2-10(12)9-5-3-8(7-11)4-6-9/h8-10H,2-7,11-12H2,1H3. The van der Waals surface area contributed by atoms with Crippen LogP contribution in [0, 0.1) is 11.8 Å². The summed E-state index contributed by atoms with van der Waals surface area (Å²) < 4.78 is 0. The molecule has 4 N–H and O–H groups in total. The third-order valence-corrected chi connectivity index (χ3v) is 3.30. The maximum atomic E-state index is 6.00. The summed E-state index contributed by atoms with van der Waals surface area (Å²) in [5, 5.41) is 0. The van der Waals surface area contributed by atoms with Gasteiger partial charge in [-0.1, -0.05) is 6.92 Å². The average Bonchev–Trinajstić information content (AvgIpc) is 2.17. The lowest BCUT2D eigenvalue weighted by Crippen LogP contribution is -2.33. The molecule has 0 spiro atoms. The third-order valence-electron chi connectivity index (χ3n) is 3.30. The van der Waals surface area contributed by atoms with E-state index in [9.17, 15) is 0 Å². The number of hydrogen-bond acceptors (Lipinski definition) is 2. The molecule has 72 valence electrons. The molecule has 1 unspecified atom stereocenters. The van der Waals surface area contributed by atoms with Crippen molar-refractivity contribution >= 4 is 0 Å². The van der Waals surface area contributed by atoms with Crippen LogP contribution < -0.4 is 11.5 Å². The Kier molecular flexibility index (Phi) is 4.02. The van der Waals surface area contributed by atoms with E-state index >= 15 is 0 Å². The highest BCUT2D eigenvalue weighted by Gasteiger charge is 2.23. The molecule has 1 atom stereocenters. The van der Waals surface area contributed by atoms with Gasteiger partial charge in [-0.05, 0) is 50.5 Å². The quantitative estimate of drug-likeness (QED) is 0.674. The molecular formula is C10H22N2. The smallest absolute Gasteiger partial charge is 0.00645 e. The Morgan fingerprint density at radius 1 is 1.25 bits per heavy atom. The molecule has 2 heteroatoms. The van der Waals surface area contributed by atoms with Crippen molar-refractivity contribution in [3.05, 3.63) is 0 Å². The van der Waals surface area contributed by atoms with Crippen molar-refractivity contribution in [2.45, 2.75) is 45.1 Å². The molecule has 0 aromatic heterocycles. The second-order valence-corrected chi connectivity index (χ2v) is 4.09. The molecule has 0 aliphatic heterocycles. The molecule has 0 saturated heterocycles. The fourth-order valence-corrected chi connectivity index (χ4v) is 2.19. The fourth-order valence-electron chi connectivity index (χ4n) is 2.19. The van der Waals surface area contributed by atoms with Crippen molar-refractivity contribution in [2.24, 2.45) is 23.3 Å². The molecule has 1 aliphatic rings. The highest BCUT2D eigenvalue weighted by molar-refractivity contribution is 4.79. The van der Waals surface area contributed by atoms with Gasteiger partial charge in [0.2, 0.25) is 0 Å². The lowest BCUT2D eigenvalue weighted by Gasteiger charge is -2.31. The minimum atomic E-state index is 0.434. The van der Waals surface area contributed by atoms with Crippen LogP contribution in [0.3, 0.4) is 0 Å². The lowest BCUT2D eigenvalue weighted by atomic mass is 9.78. The zero-order valence-corrected chi connectivity index (χ0v) is 8.13. The summed E-state index contributed by atoms with van der Waals surface area (Å²) in [6.07, 6.45) is 6.33. The van der Waals surface area contributed by atoms with E-state index in [-0.39, 0.29) is 0 Å². The minimum Gasteiger partial charge on any atom is -0.330 e. The van der Waals surface area contributed by atoms with Crippen LogP contribution in [-0.2, 0) is 0 Å². The van der Waals surface area contributed by atoms with Crippen LogP contribution in [0.1, 0.15) is 39.0 Å². The Morgan fingerprint density at radius 3 is 2.25 bits per heavy atom. The van der Waals surface area contributed by atoms with Gasteiger partial charge in [-0.15, -0.1) is 0 Å². The maximum absolute atomic E-state index is 6.00. The first-order valence-electron chi connectivity index (χ1n) is 5.23. The first-order valence-corrected chi connectivity index (χ1v) is 5.23. The van der Waals surface area contributed by atoms with Crippen LogP contribution in [0.4, 0.5) is 0 Å². The van der Waals surface area contributed by atoms with Crippen molar-refractivity contribution in [3.63, 3.8) is 0 Å². The summed E-state index contributed by atoms with van der Waals surface area (Å²) in [6, 6.07) is 0.434. The van der Waals surface area contributed by atoms with E-state index in [0.717, 1.165) is 24.8 Å². The number of rotatable bonds is 3. The van der Waals surface area contributed by atoms with Crippen molar-refractivity contribution in [2.75, 3.05) is 6.54 Å². The average molecular weight is 170 g/mol. The molecule has 0 amide bonds. The van der Waals surface area contributed by atoms with Gasteiger partial charge >= 0.3 is 0 Å². The van der Waals surface area contributed by atoms with Gasteiger partial charge < -0.3 is 11.5 Å². The second kappa shape index (κ2) is 4.83. The Bertz CT molecular complexity index is 117. The molecule has 0 aromatic rings. The van der Waals surface area contributed by atoms with E-state index in [1.165, 1.54) is 25.7 Å². The Balaban J connectivity index is 2.25. The van der Waals surface area contributed by atoms with Crippen molar-refractivity contribution < 1.29 is 0 Å². The van der Waals surface area contributed by atoms with E-state index < -0.39 is 0 Å². The van der Waals surface area contributed by atoms with Gasteiger partial charge in [-0.2, -0.15) is 0 Å². The highest BCUT2D eigenvalue weighted by Crippen LogP contribution is 2.30. The molecule has 2 nitrogen and oxygen atoms in total. The minimum absolute atomic E-state index is 0.434. The van der Waals surface area contributed by atoms with E-state index in [4.69, 9.17) is 11.5 Å². The van der Waals surface area contributed by atoms with Gasteiger partial charge in [0.25, 0.3) is 0 Å². The van der Waals surface area contributed by atoms with Crippen molar-refractivity contribution in [3.8, 4) is 0 Å². The van der Waals surface area contributed by atoms with Crippen LogP contribution in [0.15, 0.2) is 0 Å². The van der Waals surface area contributed by atoms with Crippen LogP contribution >= 0.6 is 0 Å². The van der Waals surface area contributed by atoms with Crippen LogP contribution in [0.25, 0.3) is 0 Å². The number of hydrogen-bond donors (Lipinski definition) is 2. The van der Waals surface area contributed by atoms with Crippen LogP contribution in [0.2, 0.25) is 0 Å². The first-order chi connectivity index (χ1) is 5.77. The molecule has 1 aliphatic carbocycles. The molecular weight excluding hydrogens is 148 g/mol. The largest absolute Gasteiger partial charge is 0.330 e. The molecule has 0 bridgehead atoms. The summed E-state index contributed by atoms with van der Waals surface area (Å²) in [5.41, 5.74) is 11.6. The van der Waals surface area contributed by atoms with Crippen LogP contribution in [-0.4, -0.2) is 12.6 Å². The monoisotopic (exact) mass is 170 g/mol. The molecule has 1 rings (SSSR count). The molecule has 1 fully saturated rings. The van der Waals surface area contributed by atoms with Crippen molar-refractivity contribution in [1.29, 1.82) is 0 Å². The van der Waals surface area contributed by atoms with Gasteiger partial charge in [-0.25, -0.2) is 0 Å². The van der Waals surface area contributed by atoms with Gasteiger partial charge in [0.1, 0.15) is 0 Å². The third kappa shape index (κ3) is 2.46. The summed E-state index contributed by atoms with van der Waals surface area (Å²) in [7, 11) is 0. The van der Waals surface area contributed by atoms with Crippen molar-refractivity contribution in [1.82, 2.24) is 0 Å². The molecule has 1 saturated carbocycles. The SMILES string of the molecule is CCC(N)C1CCC(CN)CC1. The van der Waals surface area contributed by atoms with Crippen LogP contribution in [0.5, 0.6) is 0 Å². The van der Waals surface area contributed by atoms with Gasteiger partial charge in [0, 0.05) is 6.04 Å². The van der Waals surface area contributed by atoms with Gasteiger partial charge in [-0.3, -0.25) is 0 Å². The van der Waals surface area contributed by atoms with E-state index in [2.05, 4.69) is 6.92 Å². The van der Waals surface area contributed by atoms with Gasteiger partial charge in [0.15, 0.2) is 0 Å².